The topological polar surface area (TPSA) is 126 Å². The molecule has 0 saturated heterocycles. The van der Waals surface area contributed by atoms with Gasteiger partial charge in [0.25, 0.3) is 11.5 Å². The Bertz CT molecular complexity index is 729. The van der Waals surface area contributed by atoms with E-state index in [2.05, 4.69) is 4.98 Å². The Morgan fingerprint density at radius 2 is 2.16 bits per heavy atom. The Kier molecular flexibility index (Phi) is 2.95. The van der Waals surface area contributed by atoms with E-state index in [4.69, 9.17) is 5.11 Å². The largest absolute Gasteiger partial charge is 0.504 e. The van der Waals surface area contributed by atoms with Gasteiger partial charge < -0.3 is 15.5 Å². The molecule has 0 unspecified atom stereocenters. The highest BCUT2D eigenvalue weighted by Gasteiger charge is 2.22. The van der Waals surface area contributed by atoms with Crippen LogP contribution in [0.3, 0.4) is 0 Å². The molecule has 0 radical (unpaired) electrons. The predicted molar refractivity (Wildman–Crippen MR) is 62.1 cm³/mol. The van der Waals surface area contributed by atoms with E-state index in [1.54, 1.807) is 0 Å². The Labute approximate surface area is 105 Å². The maximum absolute atomic E-state index is 11.9. The molecule has 1 amide bonds. The summed E-state index contributed by atoms with van der Waals surface area (Å²) in [6.07, 6.45) is 2.79. The highest BCUT2D eigenvalue weighted by molar-refractivity contribution is 5.99. The molecule has 0 aliphatic heterocycles. The molecule has 0 aromatic carbocycles. The highest BCUT2D eigenvalue weighted by atomic mass is 16.4. The number of nitrogens with zero attached hydrogens (tertiary/aromatic N) is 3. The number of carbonyl (C=O) groups excluding carboxylic acids is 1. The molecule has 2 rings (SSSR count). The second kappa shape index (κ2) is 4.44. The van der Waals surface area contributed by atoms with Crippen LogP contribution in [0.4, 0.5) is 0 Å². The summed E-state index contributed by atoms with van der Waals surface area (Å²) in [4.78, 5) is 37.8. The first-order valence-corrected chi connectivity index (χ1v) is 5.18. The average molecular weight is 266 g/mol. The molecule has 0 saturated carbocycles. The van der Waals surface area contributed by atoms with Crippen molar-refractivity contribution in [3.63, 3.8) is 0 Å². The number of nitrogens with one attached hydrogen (secondary N) is 1. The van der Waals surface area contributed by atoms with E-state index in [9.17, 15) is 19.5 Å². The Balaban J connectivity index is 2.57. The second-order valence-corrected chi connectivity index (χ2v) is 3.72. The van der Waals surface area contributed by atoms with E-state index in [0.717, 1.165) is 4.68 Å². The van der Waals surface area contributed by atoms with Crippen LogP contribution in [0.15, 0.2) is 17.2 Å². The monoisotopic (exact) mass is 266 g/mol. The lowest BCUT2D eigenvalue weighted by Gasteiger charge is -2.09. The standard InChI is InChI=1S/C10H10N4O5/c1-13-10(19)6(9(18)12-4-5(15)16)7(17)8-11-2-3-14(8)13/h2-3,17H,4H2,1H3,(H,12,18)(H,15,16). The van der Waals surface area contributed by atoms with Crippen molar-refractivity contribution in [1.29, 1.82) is 0 Å². The highest BCUT2D eigenvalue weighted by Crippen LogP contribution is 2.18. The lowest BCUT2D eigenvalue weighted by Crippen LogP contribution is -2.36. The molecule has 0 fully saturated rings. The van der Waals surface area contributed by atoms with Crippen LogP contribution in [0, 0.1) is 0 Å². The molecule has 0 spiro atoms. The molecular formula is C10H10N4O5. The van der Waals surface area contributed by atoms with Crippen LogP contribution < -0.4 is 10.9 Å². The van der Waals surface area contributed by atoms with Gasteiger partial charge in [0, 0.05) is 19.4 Å². The van der Waals surface area contributed by atoms with Crippen molar-refractivity contribution < 1.29 is 19.8 Å². The molecule has 9 heteroatoms. The molecule has 3 N–H and O–H groups in total. The van der Waals surface area contributed by atoms with E-state index in [-0.39, 0.29) is 5.65 Å². The van der Waals surface area contributed by atoms with Crippen molar-refractivity contribution in [3.05, 3.63) is 28.3 Å². The lowest BCUT2D eigenvalue weighted by atomic mass is 10.2. The summed E-state index contributed by atoms with van der Waals surface area (Å²) in [7, 11) is 1.39. The van der Waals surface area contributed by atoms with Gasteiger partial charge in [-0.3, -0.25) is 14.4 Å². The third kappa shape index (κ3) is 2.01. The SMILES string of the molecule is Cn1c(=O)c(C(=O)NCC(=O)O)c(O)c2nccn21. The zero-order chi connectivity index (χ0) is 14.2. The number of aryl methyl sites for hydroxylation is 1. The summed E-state index contributed by atoms with van der Waals surface area (Å²) in [5.74, 6) is -2.81. The van der Waals surface area contributed by atoms with Gasteiger partial charge in [-0.15, -0.1) is 0 Å². The van der Waals surface area contributed by atoms with Gasteiger partial charge in [0.1, 0.15) is 6.54 Å². The number of imidazole rings is 1. The van der Waals surface area contributed by atoms with Crippen molar-refractivity contribution in [3.8, 4) is 5.75 Å². The van der Waals surface area contributed by atoms with E-state index in [1.165, 1.54) is 24.0 Å². The molecular weight excluding hydrogens is 256 g/mol. The van der Waals surface area contributed by atoms with Crippen molar-refractivity contribution >= 4 is 17.5 Å². The Hall–Kier alpha value is -2.84. The summed E-state index contributed by atoms with van der Waals surface area (Å²) >= 11 is 0. The number of amides is 1. The number of rotatable bonds is 3. The van der Waals surface area contributed by atoms with E-state index in [1.807, 2.05) is 5.32 Å². The van der Waals surface area contributed by atoms with Gasteiger partial charge in [-0.05, 0) is 0 Å². The van der Waals surface area contributed by atoms with Gasteiger partial charge in [0.15, 0.2) is 17.0 Å². The normalized spacial score (nSPS) is 10.6. The number of carboxylic acid groups (broad SMARTS) is 1. The van der Waals surface area contributed by atoms with Gasteiger partial charge >= 0.3 is 5.97 Å². The van der Waals surface area contributed by atoms with E-state index < -0.39 is 35.3 Å². The fourth-order valence-electron chi connectivity index (χ4n) is 1.63. The number of hydrogen-bond acceptors (Lipinski definition) is 5. The smallest absolute Gasteiger partial charge is 0.322 e. The zero-order valence-corrected chi connectivity index (χ0v) is 9.82. The van der Waals surface area contributed by atoms with Crippen molar-refractivity contribution in [1.82, 2.24) is 19.5 Å². The number of aromatic nitrogens is 3. The Morgan fingerprint density at radius 1 is 1.47 bits per heavy atom. The second-order valence-electron chi connectivity index (χ2n) is 3.72. The van der Waals surface area contributed by atoms with Crippen LogP contribution in [-0.2, 0) is 11.8 Å². The predicted octanol–water partition coefficient (Wildman–Crippen LogP) is -1.45. The molecule has 0 aliphatic carbocycles. The fourth-order valence-corrected chi connectivity index (χ4v) is 1.63. The minimum absolute atomic E-state index is 0.0302. The summed E-state index contributed by atoms with van der Waals surface area (Å²) in [5, 5.41) is 20.4. The van der Waals surface area contributed by atoms with Crippen LogP contribution in [0.5, 0.6) is 5.75 Å². The van der Waals surface area contributed by atoms with Crippen LogP contribution in [0.2, 0.25) is 0 Å². The van der Waals surface area contributed by atoms with E-state index >= 15 is 0 Å². The van der Waals surface area contributed by atoms with Crippen molar-refractivity contribution in [2.24, 2.45) is 7.05 Å². The van der Waals surface area contributed by atoms with Crippen LogP contribution >= 0.6 is 0 Å². The molecule has 2 aromatic heterocycles. The molecule has 0 aliphatic rings. The molecule has 2 aromatic rings. The number of carbonyl (C=O) groups is 2. The summed E-state index contributed by atoms with van der Waals surface area (Å²) < 4.78 is 2.35. The van der Waals surface area contributed by atoms with Gasteiger partial charge in [-0.1, -0.05) is 0 Å². The third-order valence-electron chi connectivity index (χ3n) is 2.53. The molecule has 100 valence electrons. The maximum Gasteiger partial charge on any atom is 0.322 e. The lowest BCUT2D eigenvalue weighted by molar-refractivity contribution is -0.135. The van der Waals surface area contributed by atoms with Crippen molar-refractivity contribution in [2.45, 2.75) is 0 Å². The molecule has 0 atom stereocenters. The minimum atomic E-state index is -1.26. The van der Waals surface area contributed by atoms with Gasteiger partial charge in [-0.25, -0.2) is 14.2 Å². The molecule has 19 heavy (non-hydrogen) atoms. The summed E-state index contributed by atoms with van der Waals surface area (Å²) in [5.41, 5.74) is -1.27. The maximum atomic E-state index is 11.9. The third-order valence-corrected chi connectivity index (χ3v) is 2.53. The summed E-state index contributed by atoms with van der Waals surface area (Å²) in [6, 6.07) is 0. The number of fused-ring (bicyclic) bond motifs is 1. The number of aromatic hydroxyl groups is 1. The molecule has 2 heterocycles. The molecule has 0 bridgehead atoms. The molecule has 9 nitrogen and oxygen atoms in total. The number of hydrogen-bond donors (Lipinski definition) is 3. The first-order chi connectivity index (χ1) is 8.93. The number of aliphatic carboxylic acids is 1. The van der Waals surface area contributed by atoms with Gasteiger partial charge in [-0.2, -0.15) is 0 Å². The zero-order valence-electron chi connectivity index (χ0n) is 9.82. The van der Waals surface area contributed by atoms with Gasteiger partial charge in [0.2, 0.25) is 0 Å². The minimum Gasteiger partial charge on any atom is -0.504 e. The Morgan fingerprint density at radius 3 is 2.79 bits per heavy atom. The first kappa shape index (κ1) is 12.6. The quantitative estimate of drug-likeness (QED) is 0.624. The van der Waals surface area contributed by atoms with Crippen molar-refractivity contribution in [2.75, 3.05) is 6.54 Å². The fraction of sp³-hybridized carbons (Fsp3) is 0.200. The van der Waals surface area contributed by atoms with Crippen LogP contribution in [0.25, 0.3) is 5.65 Å². The van der Waals surface area contributed by atoms with Crippen LogP contribution in [-0.4, -0.2) is 42.8 Å². The van der Waals surface area contributed by atoms with Gasteiger partial charge in [0.05, 0.1) is 0 Å². The first-order valence-electron chi connectivity index (χ1n) is 5.18. The number of carboxylic acids is 1. The van der Waals surface area contributed by atoms with Crippen LogP contribution in [0.1, 0.15) is 10.4 Å². The summed E-state index contributed by atoms with van der Waals surface area (Å²) in [6.45, 7) is -0.652. The average Bonchev–Trinajstić information content (AvgIpc) is 2.83. The van der Waals surface area contributed by atoms with E-state index in [0.29, 0.717) is 0 Å².